The van der Waals surface area contributed by atoms with Crippen molar-refractivity contribution in [2.24, 2.45) is 0 Å². The van der Waals surface area contributed by atoms with E-state index < -0.39 is 0 Å². The fraction of sp³-hybridized carbons (Fsp3) is 0.625. The molecule has 0 spiro atoms. The highest BCUT2D eigenvalue weighted by molar-refractivity contribution is 5.58. The van der Waals surface area contributed by atoms with Gasteiger partial charge in [-0.3, -0.25) is 4.90 Å². The Hall–Kier alpha value is -1.30. The summed E-state index contributed by atoms with van der Waals surface area (Å²) in [4.78, 5) is 4.52. The highest BCUT2D eigenvalue weighted by Crippen LogP contribution is 2.25. The van der Waals surface area contributed by atoms with E-state index in [4.69, 9.17) is 15.9 Å². The molecule has 0 bridgehead atoms. The van der Waals surface area contributed by atoms with Crippen molar-refractivity contribution < 1.29 is 10.2 Å². The zero-order valence-corrected chi connectivity index (χ0v) is 12.1. The van der Waals surface area contributed by atoms with Gasteiger partial charge in [0, 0.05) is 43.6 Å². The van der Waals surface area contributed by atoms with Crippen LogP contribution in [0.2, 0.25) is 0 Å². The minimum absolute atomic E-state index is 0. The molecule has 5 nitrogen and oxygen atoms in total. The number of anilines is 2. The lowest BCUT2D eigenvalue weighted by atomic mass is 10.1. The lowest BCUT2D eigenvalue weighted by molar-refractivity contribution is 0.129. The molecule has 1 saturated heterocycles. The maximum atomic E-state index is 9.12. The van der Waals surface area contributed by atoms with Crippen LogP contribution < -0.4 is 10.6 Å². The quantitative estimate of drug-likeness (QED) is 0.685. The van der Waals surface area contributed by atoms with E-state index in [0.29, 0.717) is 19.1 Å². The molecule has 5 heteroatoms. The Labute approximate surface area is 128 Å². The van der Waals surface area contributed by atoms with Gasteiger partial charge in [0.15, 0.2) is 0 Å². The average Bonchev–Trinajstić information content (AvgIpc) is 2.91. The maximum Gasteiger partial charge on any atom is 0.0558 e. The van der Waals surface area contributed by atoms with Gasteiger partial charge < -0.3 is 20.8 Å². The number of nitrogen functional groups attached to an aromatic ring is 1. The van der Waals surface area contributed by atoms with Gasteiger partial charge in [-0.1, -0.05) is 7.43 Å². The van der Waals surface area contributed by atoms with Crippen molar-refractivity contribution in [2.75, 3.05) is 50.0 Å². The second-order valence-corrected chi connectivity index (χ2v) is 5.41. The van der Waals surface area contributed by atoms with Gasteiger partial charge in [0.1, 0.15) is 0 Å². The standard InChI is InChI=1S/C15H25N3O2.CH4/c1-12-10-13(2-3-15(12)16)18-5-4-14(11-18)17(6-8-19)7-9-20;/h2-3,10,14,19-20H,4-9,11,16H2,1H3;1H4. The summed E-state index contributed by atoms with van der Waals surface area (Å²) in [6, 6.07) is 6.54. The topological polar surface area (TPSA) is 73.0 Å². The number of aliphatic hydroxyl groups excluding tert-OH is 2. The molecular formula is C16H29N3O2. The second-order valence-electron chi connectivity index (χ2n) is 5.41. The van der Waals surface area contributed by atoms with Crippen LogP contribution in [0.3, 0.4) is 0 Å². The smallest absolute Gasteiger partial charge is 0.0558 e. The van der Waals surface area contributed by atoms with Crippen molar-refractivity contribution in [1.82, 2.24) is 4.90 Å². The van der Waals surface area contributed by atoms with Crippen LogP contribution in [-0.2, 0) is 0 Å². The van der Waals surface area contributed by atoms with Crippen LogP contribution >= 0.6 is 0 Å². The number of aryl methyl sites for hydroxylation is 1. The summed E-state index contributed by atoms with van der Waals surface area (Å²) in [7, 11) is 0. The van der Waals surface area contributed by atoms with Crippen LogP contribution in [0.4, 0.5) is 11.4 Å². The summed E-state index contributed by atoms with van der Waals surface area (Å²) in [5.74, 6) is 0. The van der Waals surface area contributed by atoms with Gasteiger partial charge in [-0.2, -0.15) is 0 Å². The zero-order chi connectivity index (χ0) is 14.5. The molecule has 1 aliphatic heterocycles. The number of aliphatic hydroxyl groups is 2. The zero-order valence-electron chi connectivity index (χ0n) is 12.1. The van der Waals surface area contributed by atoms with Crippen molar-refractivity contribution in [1.29, 1.82) is 0 Å². The second kappa shape index (κ2) is 8.22. The first-order valence-electron chi connectivity index (χ1n) is 7.22. The van der Waals surface area contributed by atoms with Crippen LogP contribution in [0, 0.1) is 6.92 Å². The number of hydrogen-bond acceptors (Lipinski definition) is 5. The first-order chi connectivity index (χ1) is 9.65. The Morgan fingerprint density at radius 3 is 2.52 bits per heavy atom. The van der Waals surface area contributed by atoms with E-state index in [9.17, 15) is 0 Å². The highest BCUT2D eigenvalue weighted by Gasteiger charge is 2.27. The van der Waals surface area contributed by atoms with Gasteiger partial charge in [-0.15, -0.1) is 0 Å². The predicted octanol–water partition coefficient (Wildman–Crippen LogP) is 1.08. The van der Waals surface area contributed by atoms with Crippen LogP contribution in [0.15, 0.2) is 18.2 Å². The molecule has 4 N–H and O–H groups in total. The summed E-state index contributed by atoms with van der Waals surface area (Å²) in [5.41, 5.74) is 8.99. The highest BCUT2D eigenvalue weighted by atomic mass is 16.3. The van der Waals surface area contributed by atoms with Gasteiger partial charge in [0.05, 0.1) is 13.2 Å². The Bertz CT molecular complexity index is 434. The molecule has 1 heterocycles. The minimum atomic E-state index is 0. The SMILES string of the molecule is C.Cc1cc(N2CCC(N(CCO)CCO)C2)ccc1N. The van der Waals surface area contributed by atoms with Crippen LogP contribution in [-0.4, -0.2) is 60.5 Å². The van der Waals surface area contributed by atoms with E-state index in [0.717, 1.165) is 30.8 Å². The molecule has 1 fully saturated rings. The molecule has 120 valence electrons. The largest absolute Gasteiger partial charge is 0.399 e. The summed E-state index contributed by atoms with van der Waals surface area (Å²) >= 11 is 0. The minimum Gasteiger partial charge on any atom is -0.399 e. The first kappa shape index (κ1) is 17.8. The van der Waals surface area contributed by atoms with Crippen molar-refractivity contribution in [3.63, 3.8) is 0 Å². The van der Waals surface area contributed by atoms with E-state index in [2.05, 4.69) is 21.9 Å². The van der Waals surface area contributed by atoms with Crippen molar-refractivity contribution in [3.8, 4) is 0 Å². The molecule has 0 aliphatic carbocycles. The molecule has 0 amide bonds. The van der Waals surface area contributed by atoms with Gasteiger partial charge in [-0.05, 0) is 37.1 Å². The molecule has 1 unspecified atom stereocenters. The number of benzene rings is 1. The fourth-order valence-corrected chi connectivity index (χ4v) is 2.86. The van der Waals surface area contributed by atoms with E-state index in [1.54, 1.807) is 0 Å². The average molecular weight is 295 g/mol. The fourth-order valence-electron chi connectivity index (χ4n) is 2.86. The molecular weight excluding hydrogens is 266 g/mol. The summed E-state index contributed by atoms with van der Waals surface area (Å²) < 4.78 is 0. The summed E-state index contributed by atoms with van der Waals surface area (Å²) in [5, 5.41) is 18.2. The van der Waals surface area contributed by atoms with Gasteiger partial charge in [0.2, 0.25) is 0 Å². The molecule has 1 aromatic rings. The molecule has 21 heavy (non-hydrogen) atoms. The molecule has 0 aromatic heterocycles. The third-order valence-electron chi connectivity index (χ3n) is 4.07. The van der Waals surface area contributed by atoms with Crippen LogP contribution in [0.1, 0.15) is 19.4 Å². The van der Waals surface area contributed by atoms with Gasteiger partial charge in [-0.25, -0.2) is 0 Å². The molecule has 2 rings (SSSR count). The van der Waals surface area contributed by atoms with E-state index in [1.165, 1.54) is 5.69 Å². The van der Waals surface area contributed by atoms with E-state index in [1.807, 2.05) is 13.0 Å². The number of nitrogens with two attached hydrogens (primary N) is 1. The third kappa shape index (κ3) is 4.33. The van der Waals surface area contributed by atoms with E-state index >= 15 is 0 Å². The van der Waals surface area contributed by atoms with Gasteiger partial charge >= 0.3 is 0 Å². The predicted molar refractivity (Wildman–Crippen MR) is 88.7 cm³/mol. The monoisotopic (exact) mass is 295 g/mol. The number of rotatable bonds is 6. The van der Waals surface area contributed by atoms with E-state index in [-0.39, 0.29) is 20.6 Å². The Kier molecular flexibility index (Phi) is 6.95. The molecule has 0 saturated carbocycles. The Morgan fingerprint density at radius 1 is 1.29 bits per heavy atom. The Balaban J connectivity index is 0.00000220. The molecule has 1 aromatic carbocycles. The molecule has 0 radical (unpaired) electrons. The third-order valence-corrected chi connectivity index (χ3v) is 4.07. The lowest BCUT2D eigenvalue weighted by Crippen LogP contribution is -2.41. The van der Waals surface area contributed by atoms with Crippen molar-refractivity contribution in [3.05, 3.63) is 23.8 Å². The lowest BCUT2D eigenvalue weighted by Gasteiger charge is -2.28. The number of hydrogen-bond donors (Lipinski definition) is 3. The summed E-state index contributed by atoms with van der Waals surface area (Å²) in [6.07, 6.45) is 1.06. The summed E-state index contributed by atoms with van der Waals surface area (Å²) in [6.45, 7) is 5.48. The first-order valence-corrected chi connectivity index (χ1v) is 7.22. The van der Waals surface area contributed by atoms with Crippen molar-refractivity contribution in [2.45, 2.75) is 26.8 Å². The maximum absolute atomic E-state index is 9.12. The van der Waals surface area contributed by atoms with Crippen LogP contribution in [0.25, 0.3) is 0 Å². The van der Waals surface area contributed by atoms with Gasteiger partial charge in [0.25, 0.3) is 0 Å². The normalized spacial score (nSPS) is 18.1. The Morgan fingerprint density at radius 2 is 1.95 bits per heavy atom. The number of nitrogens with zero attached hydrogens (tertiary/aromatic N) is 2. The molecule has 1 aliphatic rings. The van der Waals surface area contributed by atoms with Crippen molar-refractivity contribution >= 4 is 11.4 Å². The molecule has 1 atom stereocenters. The van der Waals surface area contributed by atoms with Crippen LogP contribution in [0.5, 0.6) is 0 Å².